The Labute approximate surface area is 177 Å². The summed E-state index contributed by atoms with van der Waals surface area (Å²) in [5, 5.41) is 0. The van der Waals surface area contributed by atoms with Gasteiger partial charge in [0.1, 0.15) is 5.75 Å². The minimum Gasteiger partial charge on any atom is -0.494 e. The third-order valence-corrected chi connectivity index (χ3v) is 4.82. The Morgan fingerprint density at radius 2 is 1.42 bits per heavy atom. The Morgan fingerprint density at radius 1 is 0.808 bits per heavy atom. The second-order valence-corrected chi connectivity index (χ2v) is 6.98. The van der Waals surface area contributed by atoms with Crippen LogP contribution in [0.25, 0.3) is 0 Å². The van der Waals surface area contributed by atoms with E-state index in [0.29, 0.717) is 0 Å². The second-order valence-electron chi connectivity index (χ2n) is 6.98. The van der Waals surface area contributed by atoms with E-state index in [9.17, 15) is 0 Å². The van der Waals surface area contributed by atoms with E-state index in [1.807, 2.05) is 6.92 Å². The Balaban J connectivity index is 0.00000338. The number of ether oxygens (including phenoxy) is 1. The first-order valence-corrected chi connectivity index (χ1v) is 10.3. The van der Waals surface area contributed by atoms with Crippen molar-refractivity contribution in [1.82, 2.24) is 4.90 Å². The largest absolute Gasteiger partial charge is 0.494 e. The van der Waals surface area contributed by atoms with Gasteiger partial charge in [-0.2, -0.15) is 0 Å². The fourth-order valence-corrected chi connectivity index (χ4v) is 3.30. The van der Waals surface area contributed by atoms with E-state index < -0.39 is 0 Å². The van der Waals surface area contributed by atoms with Gasteiger partial charge < -0.3 is 14.5 Å². The van der Waals surface area contributed by atoms with Gasteiger partial charge >= 0.3 is 0 Å². The summed E-state index contributed by atoms with van der Waals surface area (Å²) in [7, 11) is 0. The third kappa shape index (κ3) is 8.65. The number of unbranched alkanes of at least 4 members (excludes halogenated alkanes) is 8. The fourth-order valence-electron chi connectivity index (χ4n) is 3.30. The third-order valence-electron chi connectivity index (χ3n) is 4.82. The number of hydrogen-bond donors (Lipinski definition) is 0. The van der Waals surface area contributed by atoms with Gasteiger partial charge in [0.2, 0.25) is 0 Å². The maximum atomic E-state index is 5.51. The molecule has 0 saturated heterocycles. The average Bonchev–Trinajstić information content (AvgIpc) is 3.10. The molecule has 1 aromatic carbocycles. The summed E-state index contributed by atoms with van der Waals surface area (Å²) in [5.41, 5.74) is 1.23. The van der Waals surface area contributed by atoms with E-state index in [0.717, 1.165) is 19.0 Å². The molecule has 0 amide bonds. The molecule has 0 radical (unpaired) electrons. The van der Waals surface area contributed by atoms with Gasteiger partial charge in [-0.15, -0.1) is 24.0 Å². The fraction of sp³-hybridized carbons (Fsp3) is 0.636. The summed E-state index contributed by atoms with van der Waals surface area (Å²) in [6, 6.07) is 8.38. The molecule has 0 bridgehead atoms. The lowest BCUT2D eigenvalue weighted by Gasteiger charge is -2.21. The quantitative estimate of drug-likeness (QED) is 0.232. The monoisotopic (exact) mass is 472 g/mol. The molecule has 0 aliphatic carbocycles. The number of rotatable bonds is 13. The smallest absolute Gasteiger partial charge is 0.119 e. The molecule has 0 saturated carbocycles. The molecule has 0 spiro atoms. The zero-order chi connectivity index (χ0) is 17.7. The molecular weight excluding hydrogens is 435 g/mol. The van der Waals surface area contributed by atoms with Gasteiger partial charge in [-0.3, -0.25) is 0 Å². The maximum absolute atomic E-state index is 5.51. The Kier molecular flexibility index (Phi) is 12.6. The minimum atomic E-state index is 0. The highest BCUT2D eigenvalue weighted by molar-refractivity contribution is 14.0. The molecule has 3 nitrogen and oxygen atoms in total. The SMILES string of the molecule is CCCCCCCCCCCN1C=CN(c2ccc(OCC)cc2)C1.I. The summed E-state index contributed by atoms with van der Waals surface area (Å²) in [6.45, 7) is 7.14. The van der Waals surface area contributed by atoms with Crippen LogP contribution in [-0.4, -0.2) is 24.7 Å². The zero-order valence-electron chi connectivity index (χ0n) is 16.7. The molecule has 1 aliphatic rings. The molecule has 0 N–H and O–H groups in total. The number of nitrogens with zero attached hydrogens (tertiary/aromatic N) is 2. The Bertz CT molecular complexity index is 489. The van der Waals surface area contributed by atoms with Crippen LogP contribution in [0.1, 0.15) is 71.6 Å². The number of benzene rings is 1. The van der Waals surface area contributed by atoms with Crippen LogP contribution in [0.15, 0.2) is 36.7 Å². The van der Waals surface area contributed by atoms with Crippen LogP contribution in [0.5, 0.6) is 5.75 Å². The predicted molar refractivity (Wildman–Crippen MR) is 123 cm³/mol. The summed E-state index contributed by atoms with van der Waals surface area (Å²) >= 11 is 0. The predicted octanol–water partition coefficient (Wildman–Crippen LogP) is 6.78. The molecule has 1 heterocycles. The first-order chi connectivity index (χ1) is 12.3. The van der Waals surface area contributed by atoms with Crippen LogP contribution in [-0.2, 0) is 0 Å². The molecule has 4 heteroatoms. The molecule has 0 aromatic heterocycles. The lowest BCUT2D eigenvalue weighted by atomic mass is 10.1. The van der Waals surface area contributed by atoms with Crippen LogP contribution in [0.4, 0.5) is 5.69 Å². The van der Waals surface area contributed by atoms with Gasteiger partial charge in [0, 0.05) is 24.6 Å². The molecule has 26 heavy (non-hydrogen) atoms. The number of hydrogen-bond acceptors (Lipinski definition) is 3. The highest BCUT2D eigenvalue weighted by atomic mass is 127. The van der Waals surface area contributed by atoms with Crippen LogP contribution in [0.2, 0.25) is 0 Å². The minimum absolute atomic E-state index is 0. The first-order valence-electron chi connectivity index (χ1n) is 10.3. The van der Waals surface area contributed by atoms with Gasteiger partial charge in [-0.05, 0) is 37.6 Å². The molecule has 0 unspecified atom stereocenters. The van der Waals surface area contributed by atoms with Crippen molar-refractivity contribution in [3.8, 4) is 5.75 Å². The summed E-state index contributed by atoms with van der Waals surface area (Å²) in [5.74, 6) is 0.945. The van der Waals surface area contributed by atoms with Crippen molar-refractivity contribution in [1.29, 1.82) is 0 Å². The molecule has 2 rings (SSSR count). The van der Waals surface area contributed by atoms with Crippen molar-refractivity contribution in [2.45, 2.75) is 71.6 Å². The Hall–Kier alpha value is -0.910. The summed E-state index contributed by atoms with van der Waals surface area (Å²) in [4.78, 5) is 4.71. The highest BCUT2D eigenvalue weighted by Crippen LogP contribution is 2.23. The van der Waals surface area contributed by atoms with Crippen LogP contribution in [0.3, 0.4) is 0 Å². The van der Waals surface area contributed by atoms with E-state index >= 15 is 0 Å². The van der Waals surface area contributed by atoms with Crippen molar-refractivity contribution >= 4 is 29.7 Å². The highest BCUT2D eigenvalue weighted by Gasteiger charge is 2.13. The lowest BCUT2D eigenvalue weighted by molar-refractivity contribution is 0.340. The van der Waals surface area contributed by atoms with Crippen molar-refractivity contribution in [2.24, 2.45) is 0 Å². The van der Waals surface area contributed by atoms with E-state index in [1.165, 1.54) is 70.0 Å². The van der Waals surface area contributed by atoms with Gasteiger partial charge in [-0.25, -0.2) is 0 Å². The van der Waals surface area contributed by atoms with Crippen LogP contribution < -0.4 is 9.64 Å². The molecule has 148 valence electrons. The van der Waals surface area contributed by atoms with Crippen molar-refractivity contribution < 1.29 is 4.74 Å². The average molecular weight is 472 g/mol. The zero-order valence-corrected chi connectivity index (χ0v) is 19.0. The normalized spacial score (nSPS) is 13.2. The second kappa shape index (κ2) is 14.2. The molecule has 1 aliphatic heterocycles. The maximum Gasteiger partial charge on any atom is 0.119 e. The first kappa shape index (κ1) is 23.1. The molecule has 0 atom stereocenters. The van der Waals surface area contributed by atoms with Crippen LogP contribution >= 0.6 is 24.0 Å². The molecule has 1 aromatic rings. The topological polar surface area (TPSA) is 15.7 Å². The van der Waals surface area contributed by atoms with Gasteiger partial charge in [-0.1, -0.05) is 58.3 Å². The van der Waals surface area contributed by atoms with Crippen molar-refractivity contribution in [2.75, 3.05) is 24.7 Å². The number of halogens is 1. The van der Waals surface area contributed by atoms with Crippen molar-refractivity contribution in [3.05, 3.63) is 36.7 Å². The Morgan fingerprint density at radius 3 is 2.04 bits per heavy atom. The van der Waals surface area contributed by atoms with Gasteiger partial charge in [0.25, 0.3) is 0 Å². The van der Waals surface area contributed by atoms with E-state index in [1.54, 1.807) is 0 Å². The van der Waals surface area contributed by atoms with E-state index in [2.05, 4.69) is 53.4 Å². The van der Waals surface area contributed by atoms with Gasteiger partial charge in [0.05, 0.1) is 13.3 Å². The van der Waals surface area contributed by atoms with Crippen LogP contribution in [0, 0.1) is 0 Å². The summed E-state index contributed by atoms with van der Waals surface area (Å²) < 4.78 is 5.51. The number of anilines is 1. The van der Waals surface area contributed by atoms with Crippen molar-refractivity contribution in [3.63, 3.8) is 0 Å². The molecule has 0 fully saturated rings. The van der Waals surface area contributed by atoms with E-state index in [4.69, 9.17) is 4.74 Å². The summed E-state index contributed by atoms with van der Waals surface area (Å²) in [6.07, 6.45) is 16.9. The molecular formula is C22H37IN2O. The lowest BCUT2D eigenvalue weighted by Crippen LogP contribution is -2.25. The van der Waals surface area contributed by atoms with E-state index in [-0.39, 0.29) is 24.0 Å². The standard InChI is InChI=1S/C22H36N2O.HI/c1-3-5-6-7-8-9-10-11-12-17-23-18-19-24(20-23)21-13-15-22(16-14-21)25-4-2;/h13-16,18-19H,3-12,17,20H2,1-2H3;1H. The van der Waals surface area contributed by atoms with Gasteiger partial charge in [0.15, 0.2) is 0 Å².